The Morgan fingerprint density at radius 3 is 2.55 bits per heavy atom. The number of aromatic nitrogens is 2. The molecule has 1 saturated heterocycles. The van der Waals surface area contributed by atoms with Gasteiger partial charge in [0.1, 0.15) is 15.4 Å². The van der Waals surface area contributed by atoms with Crippen LogP contribution in [0.1, 0.15) is 52.5 Å². The fourth-order valence-electron chi connectivity index (χ4n) is 4.14. The molecule has 0 atom stereocenters. The number of amides is 1. The lowest BCUT2D eigenvalue weighted by atomic mass is 9.96. The van der Waals surface area contributed by atoms with E-state index in [9.17, 15) is 4.79 Å². The lowest BCUT2D eigenvalue weighted by Gasteiger charge is -2.30. The Hall–Kier alpha value is -2.99. The quantitative estimate of drug-likeness (QED) is 0.407. The standard InChI is InChI=1S/C25H25N3O2S/c1-3-17-8-10-19(11-9-17)24-26-16(2)22(31-24)25(29)28-14-12-18(13-15-28)23-27-20-6-4-5-7-21(20)30-23/h4-11,18H,3,12-15H2,1-2H3. The summed E-state index contributed by atoms with van der Waals surface area (Å²) in [5, 5.41) is 0.907. The van der Waals surface area contributed by atoms with Gasteiger partial charge < -0.3 is 9.32 Å². The van der Waals surface area contributed by atoms with E-state index in [-0.39, 0.29) is 11.8 Å². The van der Waals surface area contributed by atoms with E-state index in [1.807, 2.05) is 36.1 Å². The van der Waals surface area contributed by atoms with E-state index in [0.29, 0.717) is 13.1 Å². The van der Waals surface area contributed by atoms with Crippen LogP contribution in [0.25, 0.3) is 21.7 Å². The van der Waals surface area contributed by atoms with Crippen LogP contribution >= 0.6 is 11.3 Å². The zero-order valence-electron chi connectivity index (χ0n) is 17.8. The van der Waals surface area contributed by atoms with Gasteiger partial charge >= 0.3 is 0 Å². The molecule has 31 heavy (non-hydrogen) atoms. The van der Waals surface area contributed by atoms with E-state index in [1.54, 1.807) is 0 Å². The van der Waals surface area contributed by atoms with E-state index in [2.05, 4.69) is 41.2 Å². The molecule has 1 aliphatic heterocycles. The molecule has 2 aromatic heterocycles. The molecule has 0 spiro atoms. The third kappa shape index (κ3) is 3.88. The molecule has 5 rings (SSSR count). The smallest absolute Gasteiger partial charge is 0.265 e. The number of likely N-dealkylation sites (tertiary alicyclic amines) is 1. The Labute approximate surface area is 185 Å². The van der Waals surface area contributed by atoms with Crippen molar-refractivity contribution in [2.45, 2.75) is 39.0 Å². The third-order valence-corrected chi connectivity index (χ3v) is 7.24. The summed E-state index contributed by atoms with van der Waals surface area (Å²) in [7, 11) is 0. The van der Waals surface area contributed by atoms with Crippen LogP contribution in [0.3, 0.4) is 0 Å². The molecule has 6 heteroatoms. The van der Waals surface area contributed by atoms with Crippen molar-refractivity contribution in [2.24, 2.45) is 0 Å². The number of hydrogen-bond donors (Lipinski definition) is 0. The molecule has 0 unspecified atom stereocenters. The van der Waals surface area contributed by atoms with E-state index < -0.39 is 0 Å². The number of fused-ring (bicyclic) bond motifs is 1. The molecular formula is C25H25N3O2S. The highest BCUT2D eigenvalue weighted by molar-refractivity contribution is 7.17. The van der Waals surface area contributed by atoms with Gasteiger partial charge in [-0.25, -0.2) is 9.97 Å². The number of thiazole rings is 1. The number of hydrogen-bond acceptors (Lipinski definition) is 5. The second-order valence-electron chi connectivity index (χ2n) is 8.07. The van der Waals surface area contributed by atoms with Gasteiger partial charge in [0.05, 0.1) is 5.69 Å². The molecule has 4 aromatic rings. The van der Waals surface area contributed by atoms with Crippen LogP contribution in [0.4, 0.5) is 0 Å². The average Bonchev–Trinajstić information content (AvgIpc) is 3.42. The van der Waals surface area contributed by atoms with Gasteiger partial charge in [-0.3, -0.25) is 4.79 Å². The fourth-order valence-corrected chi connectivity index (χ4v) is 5.18. The largest absolute Gasteiger partial charge is 0.440 e. The predicted molar refractivity (Wildman–Crippen MR) is 124 cm³/mol. The summed E-state index contributed by atoms with van der Waals surface area (Å²) in [6.45, 7) is 5.49. The van der Waals surface area contributed by atoms with Crippen molar-refractivity contribution in [1.82, 2.24) is 14.9 Å². The summed E-state index contributed by atoms with van der Waals surface area (Å²) in [4.78, 5) is 25.2. The highest BCUT2D eigenvalue weighted by Gasteiger charge is 2.29. The first-order valence-electron chi connectivity index (χ1n) is 10.8. The van der Waals surface area contributed by atoms with Gasteiger partial charge in [0.2, 0.25) is 0 Å². The molecule has 0 aliphatic carbocycles. The van der Waals surface area contributed by atoms with Gasteiger partial charge in [-0.2, -0.15) is 0 Å². The summed E-state index contributed by atoms with van der Waals surface area (Å²) >= 11 is 1.49. The molecule has 0 saturated carbocycles. The number of oxazole rings is 1. The summed E-state index contributed by atoms with van der Waals surface area (Å²) in [5.41, 5.74) is 4.91. The molecule has 0 N–H and O–H groups in total. The number of para-hydroxylation sites is 2. The molecule has 1 amide bonds. The van der Waals surface area contributed by atoms with E-state index in [1.165, 1.54) is 16.9 Å². The summed E-state index contributed by atoms with van der Waals surface area (Å²) in [6.07, 6.45) is 2.74. The van der Waals surface area contributed by atoms with Gasteiger partial charge in [0, 0.05) is 24.6 Å². The van der Waals surface area contributed by atoms with Gasteiger partial charge in [-0.15, -0.1) is 11.3 Å². The summed E-state index contributed by atoms with van der Waals surface area (Å²) in [5.74, 6) is 1.13. The first-order chi connectivity index (χ1) is 15.1. The van der Waals surface area contributed by atoms with Crippen LogP contribution in [0.15, 0.2) is 52.9 Å². The molecule has 5 nitrogen and oxygen atoms in total. The topological polar surface area (TPSA) is 59.2 Å². The SMILES string of the molecule is CCc1ccc(-c2nc(C)c(C(=O)N3CCC(c4nc5ccccc5o4)CC3)s2)cc1. The molecule has 2 aromatic carbocycles. The van der Waals surface area contributed by atoms with Gasteiger partial charge in [0.15, 0.2) is 11.5 Å². The lowest BCUT2D eigenvalue weighted by molar-refractivity contribution is 0.0710. The zero-order chi connectivity index (χ0) is 21.4. The lowest BCUT2D eigenvalue weighted by Crippen LogP contribution is -2.37. The van der Waals surface area contributed by atoms with Crippen molar-refractivity contribution < 1.29 is 9.21 Å². The van der Waals surface area contributed by atoms with Gasteiger partial charge in [-0.1, -0.05) is 43.3 Å². The normalized spacial score (nSPS) is 15.0. The van der Waals surface area contributed by atoms with E-state index in [4.69, 9.17) is 4.42 Å². The number of benzene rings is 2. The molecule has 1 fully saturated rings. The Balaban J connectivity index is 1.28. The number of carbonyl (C=O) groups is 1. The predicted octanol–water partition coefficient (Wildman–Crippen LogP) is 5.84. The second kappa shape index (κ2) is 8.27. The first kappa shape index (κ1) is 19.9. The van der Waals surface area contributed by atoms with Gasteiger partial charge in [-0.05, 0) is 43.9 Å². The number of nitrogens with zero attached hydrogens (tertiary/aromatic N) is 3. The Kier molecular flexibility index (Phi) is 5.32. The maximum atomic E-state index is 13.2. The van der Waals surface area contributed by atoms with Crippen molar-refractivity contribution >= 4 is 28.3 Å². The van der Waals surface area contributed by atoms with E-state index in [0.717, 1.165) is 57.4 Å². The maximum absolute atomic E-state index is 13.2. The summed E-state index contributed by atoms with van der Waals surface area (Å²) < 4.78 is 5.95. The highest BCUT2D eigenvalue weighted by atomic mass is 32.1. The second-order valence-corrected chi connectivity index (χ2v) is 9.07. The van der Waals surface area contributed by atoms with Crippen LogP contribution in [0.5, 0.6) is 0 Å². The Bertz CT molecular complexity index is 1180. The number of aryl methyl sites for hydroxylation is 2. The van der Waals surface area contributed by atoms with Gasteiger partial charge in [0.25, 0.3) is 5.91 Å². The minimum absolute atomic E-state index is 0.0856. The molecule has 0 radical (unpaired) electrons. The van der Waals surface area contributed by atoms with Crippen molar-refractivity contribution in [1.29, 1.82) is 0 Å². The third-order valence-electron chi connectivity index (χ3n) is 6.04. The Morgan fingerprint density at radius 1 is 1.10 bits per heavy atom. The molecular weight excluding hydrogens is 406 g/mol. The molecule has 1 aliphatic rings. The fraction of sp³-hybridized carbons (Fsp3) is 0.320. The van der Waals surface area contributed by atoms with E-state index >= 15 is 0 Å². The monoisotopic (exact) mass is 431 g/mol. The molecule has 158 valence electrons. The van der Waals surface area contributed by atoms with Crippen molar-refractivity contribution in [3.8, 4) is 10.6 Å². The average molecular weight is 432 g/mol. The van der Waals surface area contributed by atoms with Crippen molar-refractivity contribution in [3.63, 3.8) is 0 Å². The zero-order valence-corrected chi connectivity index (χ0v) is 18.6. The molecule has 0 bridgehead atoms. The molecule has 3 heterocycles. The van der Waals surface area contributed by atoms with Crippen LogP contribution in [-0.4, -0.2) is 33.9 Å². The van der Waals surface area contributed by atoms with Crippen LogP contribution in [-0.2, 0) is 6.42 Å². The van der Waals surface area contributed by atoms with Crippen LogP contribution in [0, 0.1) is 6.92 Å². The number of rotatable bonds is 4. The highest BCUT2D eigenvalue weighted by Crippen LogP contribution is 2.33. The number of carbonyl (C=O) groups excluding carboxylic acids is 1. The minimum atomic E-state index is 0.0856. The Morgan fingerprint density at radius 2 is 1.84 bits per heavy atom. The summed E-state index contributed by atoms with van der Waals surface area (Å²) in [6, 6.07) is 16.3. The van der Waals surface area contributed by atoms with Crippen molar-refractivity contribution in [2.75, 3.05) is 13.1 Å². The van der Waals surface area contributed by atoms with Crippen molar-refractivity contribution in [3.05, 3.63) is 70.6 Å². The first-order valence-corrected chi connectivity index (χ1v) is 11.7. The maximum Gasteiger partial charge on any atom is 0.265 e. The number of piperidine rings is 1. The van der Waals surface area contributed by atoms with Crippen LogP contribution < -0.4 is 0 Å². The van der Waals surface area contributed by atoms with Crippen LogP contribution in [0.2, 0.25) is 0 Å². The minimum Gasteiger partial charge on any atom is -0.440 e.